The van der Waals surface area contributed by atoms with Crippen LogP contribution in [0.4, 0.5) is 8.78 Å². The number of hydrogen-bond donors (Lipinski definition) is 2. The Morgan fingerprint density at radius 3 is 2.67 bits per heavy atom. The van der Waals surface area contributed by atoms with Gasteiger partial charge in [-0.1, -0.05) is 0 Å². The summed E-state index contributed by atoms with van der Waals surface area (Å²) >= 11 is 0. The van der Waals surface area contributed by atoms with Gasteiger partial charge in [0.15, 0.2) is 24.3 Å². The van der Waals surface area contributed by atoms with Gasteiger partial charge in [-0.2, -0.15) is 4.57 Å². The monoisotopic (exact) mass is 486 g/mol. The molecule has 0 saturated carbocycles. The molecule has 2 fully saturated rings. The van der Waals surface area contributed by atoms with Crippen LogP contribution in [0.1, 0.15) is 41.6 Å². The van der Waals surface area contributed by atoms with Crippen molar-refractivity contribution in [2.75, 3.05) is 13.2 Å². The lowest BCUT2D eigenvalue weighted by Gasteiger charge is -2.29. The molecule has 0 bridgehead atoms. The Kier molecular flexibility index (Phi) is 7.01. The van der Waals surface area contributed by atoms with E-state index in [1.807, 2.05) is 0 Å². The van der Waals surface area contributed by atoms with Gasteiger partial charge in [0.05, 0.1) is 24.9 Å². The number of Topliss-reactive ketones (excluding diaryl/α,β-unsaturated/α-hetero) is 1. The highest BCUT2D eigenvalue weighted by Crippen LogP contribution is 2.57. The van der Waals surface area contributed by atoms with Gasteiger partial charge in [0.2, 0.25) is 0 Å². The molecule has 0 aliphatic carbocycles. The SMILES string of the molecule is CC(=O)c1ccc[n+]([C@@H]2O[C@H](COP3(=O)OCCC(c4cc(F)cc(F)c4)O3)C(O)[C@@H]2O)c1. The topological polar surface area (TPSA) is 115 Å². The van der Waals surface area contributed by atoms with Crippen molar-refractivity contribution in [2.45, 2.75) is 44.0 Å². The van der Waals surface area contributed by atoms with Crippen molar-refractivity contribution in [1.82, 2.24) is 0 Å². The molecular weight excluding hydrogens is 463 g/mol. The van der Waals surface area contributed by atoms with E-state index < -0.39 is 56.7 Å². The zero-order valence-electron chi connectivity index (χ0n) is 17.5. The molecule has 2 saturated heterocycles. The van der Waals surface area contributed by atoms with Crippen LogP contribution in [-0.4, -0.2) is 47.5 Å². The first-order chi connectivity index (χ1) is 15.6. The second-order valence-corrected chi connectivity index (χ2v) is 9.43. The minimum Gasteiger partial charge on any atom is -0.387 e. The van der Waals surface area contributed by atoms with E-state index >= 15 is 0 Å². The number of carbonyl (C=O) groups excluding carboxylic acids is 1. The number of aromatic nitrogens is 1. The number of aliphatic hydroxyl groups is 2. The van der Waals surface area contributed by atoms with Crippen LogP contribution in [0.3, 0.4) is 0 Å². The van der Waals surface area contributed by atoms with Crippen molar-refractivity contribution in [3.8, 4) is 0 Å². The molecule has 33 heavy (non-hydrogen) atoms. The van der Waals surface area contributed by atoms with Crippen LogP contribution in [0.15, 0.2) is 42.7 Å². The second kappa shape index (κ2) is 9.63. The van der Waals surface area contributed by atoms with E-state index in [1.54, 1.807) is 18.3 Å². The summed E-state index contributed by atoms with van der Waals surface area (Å²) < 4.78 is 62.9. The van der Waals surface area contributed by atoms with Crippen molar-refractivity contribution in [3.63, 3.8) is 0 Å². The van der Waals surface area contributed by atoms with Crippen LogP contribution in [0.2, 0.25) is 0 Å². The molecule has 3 unspecified atom stereocenters. The predicted octanol–water partition coefficient (Wildman–Crippen LogP) is 2.38. The predicted molar refractivity (Wildman–Crippen MR) is 107 cm³/mol. The second-order valence-electron chi connectivity index (χ2n) is 7.80. The summed E-state index contributed by atoms with van der Waals surface area (Å²) in [5.41, 5.74) is 0.532. The normalized spacial score (nSPS) is 32.1. The average molecular weight is 486 g/mol. The van der Waals surface area contributed by atoms with Crippen molar-refractivity contribution in [3.05, 3.63) is 65.5 Å². The quantitative estimate of drug-likeness (QED) is 0.363. The summed E-state index contributed by atoms with van der Waals surface area (Å²) in [6, 6.07) is 6.05. The number of halogens is 2. The Labute approximate surface area is 188 Å². The number of nitrogens with zero attached hydrogens (tertiary/aromatic N) is 1. The van der Waals surface area contributed by atoms with E-state index in [4.69, 9.17) is 18.3 Å². The molecule has 9 nitrogen and oxygen atoms in total. The Balaban J connectivity index is 1.42. The molecule has 2 aliphatic rings. The number of phosphoric acid groups is 1. The Morgan fingerprint density at radius 1 is 1.24 bits per heavy atom. The van der Waals surface area contributed by atoms with Gasteiger partial charge >= 0.3 is 7.82 Å². The molecule has 3 heterocycles. The summed E-state index contributed by atoms with van der Waals surface area (Å²) in [5, 5.41) is 20.8. The maximum Gasteiger partial charge on any atom is 0.475 e. The number of rotatable bonds is 6. The Hall–Kier alpha value is -2.11. The van der Waals surface area contributed by atoms with Gasteiger partial charge in [0.1, 0.15) is 23.8 Å². The molecule has 1 aromatic heterocycles. The van der Waals surface area contributed by atoms with Crippen LogP contribution >= 0.6 is 7.82 Å². The number of carbonyl (C=O) groups is 1. The number of ketones is 1. The number of benzene rings is 1. The van der Waals surface area contributed by atoms with Crippen LogP contribution in [-0.2, 0) is 22.9 Å². The van der Waals surface area contributed by atoms with Crippen molar-refractivity contribution >= 4 is 13.6 Å². The van der Waals surface area contributed by atoms with Crippen LogP contribution < -0.4 is 4.57 Å². The third-order valence-corrected chi connectivity index (χ3v) is 6.88. The summed E-state index contributed by atoms with van der Waals surface area (Å²) in [6.07, 6.45) is -2.56. The number of aliphatic hydroxyl groups excluding tert-OH is 2. The van der Waals surface area contributed by atoms with Crippen molar-refractivity contribution in [2.24, 2.45) is 0 Å². The molecule has 0 spiro atoms. The van der Waals surface area contributed by atoms with Gasteiger partial charge in [-0.05, 0) is 30.7 Å². The first-order valence-corrected chi connectivity index (χ1v) is 11.7. The fraction of sp³-hybridized carbons (Fsp3) is 0.429. The van der Waals surface area contributed by atoms with Gasteiger partial charge in [0, 0.05) is 18.6 Å². The summed E-state index contributed by atoms with van der Waals surface area (Å²) in [6.45, 7) is 0.889. The molecule has 2 N–H and O–H groups in total. The highest BCUT2D eigenvalue weighted by molar-refractivity contribution is 7.48. The molecular formula is C21H23F2NO8P+. The highest BCUT2D eigenvalue weighted by Gasteiger charge is 2.49. The fourth-order valence-corrected chi connectivity index (χ4v) is 5.10. The number of phosphoric ester groups is 1. The van der Waals surface area contributed by atoms with E-state index in [-0.39, 0.29) is 24.4 Å². The van der Waals surface area contributed by atoms with Crippen molar-refractivity contribution in [1.29, 1.82) is 0 Å². The van der Waals surface area contributed by atoms with E-state index in [1.165, 1.54) is 17.7 Å². The molecule has 0 radical (unpaired) electrons. The standard InChI is InChI=1S/C21H23F2NO8P/c1-12(25)13-3-2-5-24(10-13)21-20(27)19(26)18(31-21)11-30-33(28)29-6-4-17(32-33)14-7-15(22)9-16(23)8-14/h2-3,5,7-10,17-21,26-27H,4,6,11H2,1H3/q+1/t17?,18-,19?,20+,21-,33?/m1/s1. The molecule has 1 aromatic carbocycles. The van der Waals surface area contributed by atoms with Crippen LogP contribution in [0.5, 0.6) is 0 Å². The smallest absolute Gasteiger partial charge is 0.387 e. The third-order valence-electron chi connectivity index (χ3n) is 5.40. The molecule has 0 amide bonds. The first kappa shape index (κ1) is 24.0. The zero-order chi connectivity index (χ0) is 23.8. The summed E-state index contributed by atoms with van der Waals surface area (Å²) in [7, 11) is -4.15. The minimum absolute atomic E-state index is 0.0485. The van der Waals surface area contributed by atoms with Gasteiger partial charge in [-0.15, -0.1) is 0 Å². The maximum absolute atomic E-state index is 13.5. The van der Waals surface area contributed by atoms with Gasteiger partial charge < -0.3 is 14.9 Å². The first-order valence-electron chi connectivity index (χ1n) is 10.2. The summed E-state index contributed by atoms with van der Waals surface area (Å²) in [5.74, 6) is -1.79. The van der Waals surface area contributed by atoms with Crippen LogP contribution in [0.25, 0.3) is 0 Å². The third kappa shape index (κ3) is 5.36. The van der Waals surface area contributed by atoms with Gasteiger partial charge in [0.25, 0.3) is 6.23 Å². The largest absolute Gasteiger partial charge is 0.475 e. The fourth-order valence-electron chi connectivity index (χ4n) is 3.70. The lowest BCUT2D eigenvalue weighted by Crippen LogP contribution is -2.46. The Bertz CT molecular complexity index is 1070. The molecule has 178 valence electrons. The average Bonchev–Trinajstić information content (AvgIpc) is 3.06. The number of hydrogen-bond acceptors (Lipinski definition) is 8. The number of pyridine rings is 1. The van der Waals surface area contributed by atoms with Gasteiger partial charge in [-0.25, -0.2) is 13.3 Å². The van der Waals surface area contributed by atoms with E-state index in [2.05, 4.69) is 0 Å². The molecule has 4 rings (SSSR count). The molecule has 6 atom stereocenters. The minimum atomic E-state index is -4.15. The maximum atomic E-state index is 13.5. The van der Waals surface area contributed by atoms with Gasteiger partial charge in [-0.3, -0.25) is 18.4 Å². The molecule has 2 aromatic rings. The van der Waals surface area contributed by atoms with Crippen molar-refractivity contribution < 1.29 is 51.2 Å². The summed E-state index contributed by atoms with van der Waals surface area (Å²) in [4.78, 5) is 11.6. The highest BCUT2D eigenvalue weighted by atomic mass is 31.2. The van der Waals surface area contributed by atoms with E-state index in [0.29, 0.717) is 11.6 Å². The van der Waals surface area contributed by atoms with Crippen LogP contribution in [0, 0.1) is 11.6 Å². The lowest BCUT2D eigenvalue weighted by molar-refractivity contribution is -0.765. The molecule has 2 aliphatic heterocycles. The van der Waals surface area contributed by atoms with E-state index in [0.717, 1.165) is 12.1 Å². The molecule has 12 heteroatoms. The number of ether oxygens (including phenoxy) is 1. The zero-order valence-corrected chi connectivity index (χ0v) is 18.4. The van der Waals surface area contributed by atoms with E-state index in [9.17, 15) is 28.4 Å². The Morgan fingerprint density at radius 2 is 1.97 bits per heavy atom. The lowest BCUT2D eigenvalue weighted by atomic mass is 10.1.